The molecule has 16 nitrogen and oxygen atoms in total. The Morgan fingerprint density at radius 1 is 1.10 bits per heavy atom. The number of carboxylic acids is 1. The number of amides is 6. The largest absolute Gasteiger partial charge is 0.479 e. The van der Waals surface area contributed by atoms with E-state index in [0.717, 1.165) is 22.2 Å². The number of anilines is 1. The van der Waals surface area contributed by atoms with E-state index < -0.39 is 52.7 Å². The van der Waals surface area contributed by atoms with Crippen molar-refractivity contribution in [2.75, 3.05) is 31.3 Å². The third-order valence-corrected chi connectivity index (χ3v) is 9.79. The van der Waals surface area contributed by atoms with Crippen molar-refractivity contribution in [3.63, 3.8) is 0 Å². The van der Waals surface area contributed by atoms with Gasteiger partial charge in [-0.05, 0) is 41.0 Å². The zero-order valence-electron chi connectivity index (χ0n) is 25.6. The van der Waals surface area contributed by atoms with E-state index in [1.165, 1.54) is 36.2 Å². The van der Waals surface area contributed by atoms with E-state index in [1.54, 1.807) is 42.5 Å². The number of nitrogens with one attached hydrogen (secondary N) is 3. The summed E-state index contributed by atoms with van der Waals surface area (Å²) in [7, 11) is 1.29. The first-order valence-corrected chi connectivity index (χ1v) is 15.7. The number of esters is 2. The number of thioether (sulfide) groups is 1. The number of aliphatic carboxylic acids is 1. The summed E-state index contributed by atoms with van der Waals surface area (Å²) in [6, 6.07) is 11.2. The number of carbonyl (C=O) groups excluding carboxylic acids is 6. The van der Waals surface area contributed by atoms with Gasteiger partial charge in [-0.15, -0.1) is 11.8 Å². The summed E-state index contributed by atoms with van der Waals surface area (Å²) in [5.74, 6) is -3.70. The molecule has 3 fully saturated rings. The Kier molecular flexibility index (Phi) is 8.57. The molecular weight excluding hydrogens is 648 g/mol. The Morgan fingerprint density at radius 3 is 2.54 bits per heavy atom. The predicted octanol–water partition coefficient (Wildman–Crippen LogP) is 1.22. The van der Waals surface area contributed by atoms with Gasteiger partial charge in [-0.1, -0.05) is 24.3 Å². The second kappa shape index (κ2) is 12.6. The van der Waals surface area contributed by atoms with Crippen molar-refractivity contribution in [1.82, 2.24) is 25.6 Å². The maximum Gasteiger partial charge on any atom is 0.342 e. The van der Waals surface area contributed by atoms with Gasteiger partial charge in [0.1, 0.15) is 12.0 Å². The van der Waals surface area contributed by atoms with Crippen LogP contribution in [0.3, 0.4) is 0 Å². The highest BCUT2D eigenvalue weighted by molar-refractivity contribution is 8.00. The first kappa shape index (κ1) is 32.5. The molecular formula is C31H30N6O10S. The Morgan fingerprint density at radius 2 is 1.85 bits per heavy atom. The monoisotopic (exact) mass is 678 g/mol. The van der Waals surface area contributed by atoms with Crippen LogP contribution < -0.4 is 16.1 Å². The summed E-state index contributed by atoms with van der Waals surface area (Å²) in [5, 5.41) is 15.6. The number of urea groups is 2. The van der Waals surface area contributed by atoms with E-state index in [1.807, 2.05) is 0 Å². The molecule has 4 atom stereocenters. The van der Waals surface area contributed by atoms with Gasteiger partial charge in [0.15, 0.2) is 0 Å². The maximum absolute atomic E-state index is 13.1. The topological polar surface area (TPSA) is 204 Å². The second-order valence-corrected chi connectivity index (χ2v) is 12.5. The number of benzene rings is 2. The number of hydrogen-bond donors (Lipinski definition) is 4. The first-order valence-electron chi connectivity index (χ1n) is 14.7. The number of hydrogen-bond acceptors (Lipinski definition) is 11. The Labute approximate surface area is 277 Å². The number of β-lactam (4-membered cyclic amide) rings is 1. The molecule has 250 valence electrons. The lowest BCUT2D eigenvalue weighted by Crippen LogP contribution is -2.81. The van der Waals surface area contributed by atoms with Crippen molar-refractivity contribution in [1.29, 1.82) is 0 Å². The first-order chi connectivity index (χ1) is 22.9. The van der Waals surface area contributed by atoms with Gasteiger partial charge < -0.3 is 30.1 Å². The summed E-state index contributed by atoms with van der Waals surface area (Å²) in [6.07, 6.45) is 1.15. The summed E-state index contributed by atoms with van der Waals surface area (Å²) < 4.78 is 9.68. The lowest BCUT2D eigenvalue weighted by molar-refractivity contribution is -0.169. The van der Waals surface area contributed by atoms with Crippen LogP contribution in [0.2, 0.25) is 0 Å². The molecule has 4 N–H and O–H groups in total. The molecule has 0 aromatic heterocycles. The molecule has 6 rings (SSSR count). The molecule has 4 aliphatic heterocycles. The van der Waals surface area contributed by atoms with Crippen LogP contribution in [0.5, 0.6) is 0 Å². The van der Waals surface area contributed by atoms with Crippen LogP contribution in [0.15, 0.2) is 60.3 Å². The number of nitrogens with zero attached hydrogens (tertiary/aromatic N) is 3. The molecule has 0 spiro atoms. The highest BCUT2D eigenvalue weighted by Crippen LogP contribution is 2.43. The van der Waals surface area contributed by atoms with Crippen molar-refractivity contribution in [2.45, 2.75) is 36.3 Å². The number of carbonyl (C=O) groups is 7. The van der Waals surface area contributed by atoms with Gasteiger partial charge in [-0.25, -0.2) is 29.5 Å². The highest BCUT2D eigenvalue weighted by Gasteiger charge is 2.68. The van der Waals surface area contributed by atoms with Crippen LogP contribution in [0.1, 0.15) is 34.5 Å². The molecule has 4 heterocycles. The molecule has 3 unspecified atom stereocenters. The van der Waals surface area contributed by atoms with Crippen molar-refractivity contribution in [2.24, 2.45) is 0 Å². The fourth-order valence-electron chi connectivity index (χ4n) is 5.94. The number of ether oxygens (including phenoxy) is 2. The SMILES string of the molecule is COC(=O)c1ccc(C2NN3C(=O)N(C(=O)Nc4cccc(CC(=O)NC5(C(=O)O)C(=O)N6C=C(COC(C)=O)CS[C@H]65)c4)CC23)cc1. The molecule has 0 aliphatic carbocycles. The number of methoxy groups -OCH3 is 1. The average molecular weight is 679 g/mol. The molecule has 2 aromatic carbocycles. The summed E-state index contributed by atoms with van der Waals surface area (Å²) in [5.41, 5.74) is 3.40. The maximum atomic E-state index is 13.1. The van der Waals surface area contributed by atoms with Crippen LogP contribution in [0.4, 0.5) is 15.3 Å². The van der Waals surface area contributed by atoms with Gasteiger partial charge in [0.05, 0.1) is 37.7 Å². The number of hydrazine groups is 1. The molecule has 2 aromatic rings. The lowest BCUT2D eigenvalue weighted by Gasteiger charge is -2.53. The smallest absolute Gasteiger partial charge is 0.342 e. The molecule has 4 aliphatic rings. The summed E-state index contributed by atoms with van der Waals surface area (Å²) in [4.78, 5) is 89.5. The fraction of sp³-hybridized carbons (Fsp3) is 0.323. The average Bonchev–Trinajstić information content (AvgIpc) is 3.30. The minimum Gasteiger partial charge on any atom is -0.479 e. The highest BCUT2D eigenvalue weighted by atomic mass is 32.2. The Hall–Kier alpha value is -5.42. The minimum absolute atomic E-state index is 0.0333. The van der Waals surface area contributed by atoms with Crippen LogP contribution in [-0.4, -0.2) is 105 Å². The second-order valence-electron chi connectivity index (χ2n) is 11.5. The fourth-order valence-corrected chi connectivity index (χ4v) is 7.29. The number of carboxylic acid groups (broad SMARTS) is 1. The Balaban J connectivity index is 1.06. The third kappa shape index (κ3) is 5.70. The summed E-state index contributed by atoms with van der Waals surface area (Å²) >= 11 is 1.13. The van der Waals surface area contributed by atoms with Gasteiger partial charge in [-0.3, -0.25) is 19.4 Å². The van der Waals surface area contributed by atoms with Crippen molar-refractivity contribution >= 4 is 59.2 Å². The van der Waals surface area contributed by atoms with E-state index in [-0.39, 0.29) is 31.7 Å². The number of rotatable bonds is 9. The van der Waals surface area contributed by atoms with Gasteiger partial charge in [0.25, 0.3) is 5.91 Å². The zero-order chi connectivity index (χ0) is 34.3. The van der Waals surface area contributed by atoms with E-state index in [0.29, 0.717) is 28.1 Å². The predicted molar refractivity (Wildman–Crippen MR) is 167 cm³/mol. The number of fused-ring (bicyclic) bond motifs is 2. The molecule has 3 saturated heterocycles. The molecule has 48 heavy (non-hydrogen) atoms. The van der Waals surface area contributed by atoms with Gasteiger partial charge >= 0.3 is 30.0 Å². The lowest BCUT2D eigenvalue weighted by atomic mass is 9.87. The minimum atomic E-state index is -2.17. The van der Waals surface area contributed by atoms with Gasteiger partial charge in [0, 0.05) is 24.6 Å². The van der Waals surface area contributed by atoms with E-state index in [2.05, 4.69) is 16.1 Å². The quantitative estimate of drug-likeness (QED) is 0.168. The Bertz CT molecular complexity index is 1770. The summed E-state index contributed by atoms with van der Waals surface area (Å²) in [6.45, 7) is 1.32. The molecule has 0 saturated carbocycles. The normalized spacial score (nSPS) is 23.9. The van der Waals surface area contributed by atoms with Crippen LogP contribution in [0.25, 0.3) is 0 Å². The van der Waals surface area contributed by atoms with Crippen molar-refractivity contribution < 1.29 is 48.1 Å². The molecule has 17 heteroatoms. The van der Waals surface area contributed by atoms with E-state index >= 15 is 0 Å². The van der Waals surface area contributed by atoms with Crippen molar-refractivity contribution in [3.8, 4) is 0 Å². The third-order valence-electron chi connectivity index (χ3n) is 8.36. The van der Waals surface area contributed by atoms with Gasteiger partial charge in [0.2, 0.25) is 11.4 Å². The standard InChI is InChI=1S/C31H30N6O10S/c1-16(38)47-14-18-12-35-26(41)31(28(42)43,27(35)48-15-18)33-23(39)11-17-4-3-5-21(10-17)32-29(44)36-13-22-24(34-37(22)30(36)45)19-6-8-20(9-7-19)25(40)46-2/h3-10,12,22,24,27,34H,11,13-15H2,1-2H3,(H,32,44)(H,33,39)(H,42,43)/t22?,24?,27-,31?/m0/s1. The zero-order valence-corrected chi connectivity index (χ0v) is 26.4. The van der Waals surface area contributed by atoms with E-state index in [9.17, 15) is 38.7 Å². The van der Waals surface area contributed by atoms with E-state index in [4.69, 9.17) is 9.47 Å². The number of imide groups is 1. The molecule has 6 amide bonds. The molecule has 0 radical (unpaired) electrons. The van der Waals surface area contributed by atoms with Crippen LogP contribution >= 0.6 is 11.8 Å². The molecule has 0 bridgehead atoms. The van der Waals surface area contributed by atoms with Crippen LogP contribution in [0, 0.1) is 0 Å². The van der Waals surface area contributed by atoms with Crippen molar-refractivity contribution in [3.05, 3.63) is 77.0 Å². The van der Waals surface area contributed by atoms with Gasteiger partial charge in [-0.2, -0.15) is 0 Å². The van der Waals surface area contributed by atoms with Crippen LogP contribution in [-0.2, 0) is 35.1 Å².